The van der Waals surface area contributed by atoms with E-state index in [4.69, 9.17) is 4.74 Å². The summed E-state index contributed by atoms with van der Waals surface area (Å²) >= 11 is 0. The van der Waals surface area contributed by atoms with Crippen LogP contribution in [0.2, 0.25) is 0 Å². The molecule has 6 nitrogen and oxygen atoms in total. The average molecular weight is 262 g/mol. The van der Waals surface area contributed by atoms with Crippen molar-refractivity contribution in [3.05, 3.63) is 36.3 Å². The molecule has 0 aliphatic carbocycles. The molecule has 0 saturated heterocycles. The van der Waals surface area contributed by atoms with E-state index in [1.54, 1.807) is 18.0 Å². The third kappa shape index (κ3) is 3.03. The molecule has 6 heteroatoms. The second kappa shape index (κ2) is 6.19. The molecule has 2 aromatic rings. The fraction of sp³-hybridized carbons (Fsp3) is 0.385. The molecule has 1 amide bonds. The van der Waals surface area contributed by atoms with E-state index in [2.05, 4.69) is 10.4 Å². The van der Waals surface area contributed by atoms with Crippen molar-refractivity contribution in [3.63, 3.8) is 0 Å². The highest BCUT2D eigenvalue weighted by molar-refractivity contribution is 5.97. The molecule has 0 unspecified atom stereocenters. The summed E-state index contributed by atoms with van der Waals surface area (Å²) in [6.07, 6.45) is 6.15. The van der Waals surface area contributed by atoms with Gasteiger partial charge in [-0.05, 0) is 18.6 Å². The SMILES string of the molecule is COCCCNC(=O)c1cnn(C)c1-n1cccc1. The van der Waals surface area contributed by atoms with Crippen LogP contribution in [0.15, 0.2) is 30.7 Å². The minimum absolute atomic E-state index is 0.118. The number of nitrogens with zero attached hydrogens (tertiary/aromatic N) is 3. The molecule has 102 valence electrons. The van der Waals surface area contributed by atoms with Gasteiger partial charge in [-0.1, -0.05) is 0 Å². The molecule has 0 saturated carbocycles. The zero-order valence-electron chi connectivity index (χ0n) is 11.2. The summed E-state index contributed by atoms with van der Waals surface area (Å²) in [6.45, 7) is 1.23. The lowest BCUT2D eigenvalue weighted by molar-refractivity contribution is 0.0948. The molecular formula is C13H18N4O2. The standard InChI is InChI=1S/C13H18N4O2/c1-16-13(17-7-3-4-8-17)11(10-15-16)12(18)14-6-5-9-19-2/h3-4,7-8,10H,5-6,9H2,1-2H3,(H,14,18). The first-order valence-electron chi connectivity index (χ1n) is 6.16. The van der Waals surface area contributed by atoms with E-state index < -0.39 is 0 Å². The van der Waals surface area contributed by atoms with Crippen molar-refractivity contribution >= 4 is 5.91 Å². The van der Waals surface area contributed by atoms with E-state index in [0.717, 1.165) is 12.2 Å². The van der Waals surface area contributed by atoms with Crippen LogP contribution in [0.4, 0.5) is 0 Å². The van der Waals surface area contributed by atoms with Crippen LogP contribution in [-0.4, -0.2) is 40.5 Å². The van der Waals surface area contributed by atoms with Crippen molar-refractivity contribution in [2.75, 3.05) is 20.3 Å². The third-order valence-corrected chi connectivity index (χ3v) is 2.81. The first kappa shape index (κ1) is 13.4. The van der Waals surface area contributed by atoms with Gasteiger partial charge in [-0.3, -0.25) is 9.48 Å². The number of methoxy groups -OCH3 is 1. The Morgan fingerprint density at radius 3 is 2.84 bits per heavy atom. The van der Waals surface area contributed by atoms with Crippen LogP contribution in [0.5, 0.6) is 0 Å². The number of ether oxygens (including phenoxy) is 1. The fourth-order valence-electron chi connectivity index (χ4n) is 1.89. The maximum absolute atomic E-state index is 12.1. The van der Waals surface area contributed by atoms with E-state index >= 15 is 0 Å². The van der Waals surface area contributed by atoms with Gasteiger partial charge in [-0.15, -0.1) is 0 Å². The topological polar surface area (TPSA) is 61.1 Å². The van der Waals surface area contributed by atoms with Crippen molar-refractivity contribution in [1.29, 1.82) is 0 Å². The molecule has 0 aromatic carbocycles. The first-order chi connectivity index (χ1) is 9.24. The Morgan fingerprint density at radius 2 is 2.16 bits per heavy atom. The number of aryl methyl sites for hydroxylation is 1. The molecule has 0 spiro atoms. The maximum atomic E-state index is 12.1. The number of carbonyl (C=O) groups is 1. The van der Waals surface area contributed by atoms with Crippen molar-refractivity contribution in [3.8, 4) is 5.82 Å². The number of nitrogens with one attached hydrogen (secondary N) is 1. The molecular weight excluding hydrogens is 244 g/mol. The smallest absolute Gasteiger partial charge is 0.256 e. The summed E-state index contributed by atoms with van der Waals surface area (Å²) in [7, 11) is 3.46. The number of aromatic nitrogens is 3. The molecule has 2 rings (SSSR count). The summed E-state index contributed by atoms with van der Waals surface area (Å²) in [5, 5.41) is 7.01. The summed E-state index contributed by atoms with van der Waals surface area (Å²) in [5.74, 6) is 0.641. The third-order valence-electron chi connectivity index (χ3n) is 2.81. The van der Waals surface area contributed by atoms with Gasteiger partial charge in [0.05, 0.1) is 6.20 Å². The van der Waals surface area contributed by atoms with E-state index in [0.29, 0.717) is 18.7 Å². The lowest BCUT2D eigenvalue weighted by Crippen LogP contribution is -2.26. The summed E-state index contributed by atoms with van der Waals surface area (Å²) in [6, 6.07) is 3.82. The van der Waals surface area contributed by atoms with Crippen molar-refractivity contribution in [1.82, 2.24) is 19.7 Å². The van der Waals surface area contributed by atoms with Crippen LogP contribution < -0.4 is 5.32 Å². The molecule has 0 fully saturated rings. The molecule has 2 aromatic heterocycles. The number of amides is 1. The number of hydrogen-bond acceptors (Lipinski definition) is 3. The number of carbonyl (C=O) groups excluding carboxylic acids is 1. The molecule has 1 N–H and O–H groups in total. The Labute approximate surface area is 112 Å². The molecule has 0 atom stereocenters. The Balaban J connectivity index is 2.10. The van der Waals surface area contributed by atoms with Crippen LogP contribution in [0, 0.1) is 0 Å². The highest BCUT2D eigenvalue weighted by Gasteiger charge is 2.16. The number of hydrogen-bond donors (Lipinski definition) is 1. The van der Waals surface area contributed by atoms with Crippen LogP contribution in [0.25, 0.3) is 5.82 Å². The normalized spacial score (nSPS) is 10.6. The highest BCUT2D eigenvalue weighted by Crippen LogP contribution is 2.13. The molecule has 0 aliphatic rings. The molecule has 0 aliphatic heterocycles. The van der Waals surface area contributed by atoms with Gasteiger partial charge in [0.15, 0.2) is 0 Å². The van der Waals surface area contributed by atoms with Crippen molar-refractivity contribution in [2.24, 2.45) is 7.05 Å². The fourth-order valence-corrected chi connectivity index (χ4v) is 1.89. The minimum atomic E-state index is -0.118. The van der Waals surface area contributed by atoms with Gasteiger partial charge < -0.3 is 14.6 Å². The van der Waals surface area contributed by atoms with E-state index in [1.807, 2.05) is 36.1 Å². The van der Waals surface area contributed by atoms with Gasteiger partial charge in [-0.25, -0.2) is 0 Å². The van der Waals surface area contributed by atoms with Crippen molar-refractivity contribution < 1.29 is 9.53 Å². The van der Waals surface area contributed by atoms with Gasteiger partial charge in [0.2, 0.25) is 0 Å². The van der Waals surface area contributed by atoms with Gasteiger partial charge >= 0.3 is 0 Å². The molecule has 19 heavy (non-hydrogen) atoms. The van der Waals surface area contributed by atoms with Gasteiger partial charge in [-0.2, -0.15) is 5.10 Å². The van der Waals surface area contributed by atoms with E-state index in [1.165, 1.54) is 0 Å². The largest absolute Gasteiger partial charge is 0.385 e. The predicted molar refractivity (Wildman–Crippen MR) is 71.4 cm³/mol. The number of rotatable bonds is 6. The van der Waals surface area contributed by atoms with Crippen molar-refractivity contribution in [2.45, 2.75) is 6.42 Å². The van der Waals surface area contributed by atoms with E-state index in [9.17, 15) is 4.79 Å². The van der Waals surface area contributed by atoms with Crippen LogP contribution in [0.3, 0.4) is 0 Å². The van der Waals surface area contributed by atoms with Crippen LogP contribution >= 0.6 is 0 Å². The minimum Gasteiger partial charge on any atom is -0.385 e. The van der Waals surface area contributed by atoms with Crippen LogP contribution in [0.1, 0.15) is 16.8 Å². The summed E-state index contributed by atoms with van der Waals surface area (Å²) < 4.78 is 8.50. The lowest BCUT2D eigenvalue weighted by Gasteiger charge is -2.08. The zero-order valence-corrected chi connectivity index (χ0v) is 11.2. The lowest BCUT2D eigenvalue weighted by atomic mass is 10.3. The average Bonchev–Trinajstić information content (AvgIpc) is 3.03. The zero-order chi connectivity index (χ0) is 13.7. The Bertz CT molecular complexity index is 531. The van der Waals surface area contributed by atoms with Gasteiger partial charge in [0.1, 0.15) is 11.4 Å². The second-order valence-corrected chi connectivity index (χ2v) is 4.20. The Hall–Kier alpha value is -2.08. The first-order valence-corrected chi connectivity index (χ1v) is 6.16. The monoisotopic (exact) mass is 262 g/mol. The van der Waals surface area contributed by atoms with Gasteiger partial charge in [0, 0.05) is 39.7 Å². The quantitative estimate of drug-likeness (QED) is 0.789. The highest BCUT2D eigenvalue weighted by atomic mass is 16.5. The summed E-state index contributed by atoms with van der Waals surface area (Å²) in [4.78, 5) is 12.1. The van der Waals surface area contributed by atoms with Gasteiger partial charge in [0.25, 0.3) is 5.91 Å². The molecule has 0 radical (unpaired) electrons. The predicted octanol–water partition coefficient (Wildman–Crippen LogP) is 0.977. The molecule has 2 heterocycles. The molecule has 0 bridgehead atoms. The maximum Gasteiger partial charge on any atom is 0.256 e. The van der Waals surface area contributed by atoms with E-state index in [-0.39, 0.29) is 5.91 Å². The summed E-state index contributed by atoms with van der Waals surface area (Å²) in [5.41, 5.74) is 0.566. The Kier molecular flexibility index (Phi) is 4.35. The van der Waals surface area contributed by atoms with Crippen LogP contribution in [-0.2, 0) is 11.8 Å². The Morgan fingerprint density at radius 1 is 1.42 bits per heavy atom. The second-order valence-electron chi connectivity index (χ2n) is 4.20.